The molecular weight excluding hydrogens is 194 g/mol. The van der Waals surface area contributed by atoms with Gasteiger partial charge in [-0.15, -0.1) is 0 Å². The van der Waals surface area contributed by atoms with Crippen LogP contribution in [0.5, 0.6) is 5.88 Å². The largest absolute Gasteiger partial charge is 0.404 e. The number of ether oxygens (including phenoxy) is 1. The molecule has 2 rings (SSSR count). The molecule has 0 radical (unpaired) electrons. The summed E-state index contributed by atoms with van der Waals surface area (Å²) in [7, 11) is 0. The first-order valence-electron chi connectivity index (χ1n) is 4.49. The molecular formula is C11H9NO3. The second-order valence-electron chi connectivity index (χ2n) is 2.97. The van der Waals surface area contributed by atoms with Crippen LogP contribution in [0.3, 0.4) is 0 Å². The van der Waals surface area contributed by atoms with Crippen LogP contribution >= 0.6 is 0 Å². The van der Waals surface area contributed by atoms with Crippen LogP contribution in [-0.4, -0.2) is 11.1 Å². The Morgan fingerprint density at radius 1 is 1.27 bits per heavy atom. The van der Waals surface area contributed by atoms with Crippen molar-refractivity contribution < 1.29 is 14.1 Å². The first kappa shape index (κ1) is 9.45. The molecule has 0 unspecified atom stereocenters. The van der Waals surface area contributed by atoms with E-state index >= 15 is 0 Å². The molecule has 1 aromatic carbocycles. The van der Waals surface area contributed by atoms with E-state index in [1.54, 1.807) is 0 Å². The fourth-order valence-electron chi connectivity index (χ4n) is 1.17. The summed E-state index contributed by atoms with van der Waals surface area (Å²) in [6, 6.07) is 10.9. The summed E-state index contributed by atoms with van der Waals surface area (Å²) in [5, 5.41) is 3.48. The molecule has 0 amide bonds. The van der Waals surface area contributed by atoms with E-state index in [1.165, 1.54) is 12.3 Å². The Balaban J connectivity index is 1.94. The van der Waals surface area contributed by atoms with E-state index in [2.05, 4.69) is 9.68 Å². The summed E-state index contributed by atoms with van der Waals surface area (Å²) in [5.41, 5.74) is 0.908. The molecule has 2 aromatic rings. The molecule has 0 bridgehead atoms. The van der Waals surface area contributed by atoms with Gasteiger partial charge in [0.25, 0.3) is 5.88 Å². The second-order valence-corrected chi connectivity index (χ2v) is 2.97. The molecule has 4 nitrogen and oxygen atoms in total. The number of esters is 1. The summed E-state index contributed by atoms with van der Waals surface area (Å²) in [6.07, 6.45) is 1.58. The third-order valence-electron chi connectivity index (χ3n) is 1.82. The third kappa shape index (κ3) is 2.67. The van der Waals surface area contributed by atoms with Gasteiger partial charge in [-0.3, -0.25) is 4.79 Å². The highest BCUT2D eigenvalue weighted by Gasteiger charge is 2.07. The van der Waals surface area contributed by atoms with Gasteiger partial charge >= 0.3 is 5.97 Å². The standard InChI is InChI=1S/C11H9NO3/c13-11(15-10-6-7-14-12-10)8-9-4-2-1-3-5-9/h1-7H,8H2. The zero-order chi connectivity index (χ0) is 10.5. The fourth-order valence-corrected chi connectivity index (χ4v) is 1.17. The van der Waals surface area contributed by atoms with Gasteiger partial charge in [0.05, 0.1) is 6.42 Å². The smallest absolute Gasteiger partial charge is 0.317 e. The SMILES string of the molecule is O=C(Cc1ccccc1)Oc1ccon1. The fraction of sp³-hybridized carbons (Fsp3) is 0.0909. The molecule has 0 saturated carbocycles. The molecule has 1 aromatic heterocycles. The molecule has 1 heterocycles. The lowest BCUT2D eigenvalue weighted by Crippen LogP contribution is -2.11. The summed E-state index contributed by atoms with van der Waals surface area (Å²) in [5.74, 6) is -0.161. The van der Waals surface area contributed by atoms with Crippen LogP contribution in [0.15, 0.2) is 47.2 Å². The number of nitrogens with zero attached hydrogens (tertiary/aromatic N) is 1. The van der Waals surface area contributed by atoms with Crippen molar-refractivity contribution in [2.24, 2.45) is 0 Å². The van der Waals surface area contributed by atoms with Gasteiger partial charge in [0.1, 0.15) is 6.26 Å². The Kier molecular flexibility index (Phi) is 2.78. The Morgan fingerprint density at radius 2 is 2.07 bits per heavy atom. The van der Waals surface area contributed by atoms with Crippen molar-refractivity contribution in [3.05, 3.63) is 48.2 Å². The molecule has 15 heavy (non-hydrogen) atoms. The van der Waals surface area contributed by atoms with Crippen molar-refractivity contribution in [2.45, 2.75) is 6.42 Å². The summed E-state index contributed by atoms with van der Waals surface area (Å²) in [6.45, 7) is 0. The third-order valence-corrected chi connectivity index (χ3v) is 1.82. The summed E-state index contributed by atoms with van der Waals surface area (Å²) in [4.78, 5) is 11.4. The zero-order valence-electron chi connectivity index (χ0n) is 7.92. The number of hydrogen-bond acceptors (Lipinski definition) is 4. The van der Waals surface area contributed by atoms with Crippen molar-refractivity contribution in [1.29, 1.82) is 0 Å². The van der Waals surface area contributed by atoms with Crippen LogP contribution in [0.2, 0.25) is 0 Å². The average molecular weight is 203 g/mol. The lowest BCUT2D eigenvalue weighted by molar-refractivity contribution is -0.134. The highest BCUT2D eigenvalue weighted by molar-refractivity contribution is 5.74. The molecule has 0 aliphatic heterocycles. The summed E-state index contributed by atoms with van der Waals surface area (Å²) >= 11 is 0. The van der Waals surface area contributed by atoms with E-state index in [1.807, 2.05) is 30.3 Å². The predicted octanol–water partition coefficient (Wildman–Crippen LogP) is 1.82. The van der Waals surface area contributed by atoms with E-state index in [-0.39, 0.29) is 18.3 Å². The molecule has 4 heteroatoms. The quantitative estimate of drug-likeness (QED) is 0.714. The highest BCUT2D eigenvalue weighted by atomic mass is 16.6. The van der Waals surface area contributed by atoms with Gasteiger partial charge in [-0.2, -0.15) is 0 Å². The van der Waals surface area contributed by atoms with Gasteiger partial charge in [-0.25, -0.2) is 0 Å². The van der Waals surface area contributed by atoms with Crippen molar-refractivity contribution in [3.8, 4) is 5.88 Å². The normalized spacial score (nSPS) is 9.87. The van der Waals surface area contributed by atoms with Crippen molar-refractivity contribution in [2.75, 3.05) is 0 Å². The van der Waals surface area contributed by atoms with Crippen molar-refractivity contribution >= 4 is 5.97 Å². The average Bonchev–Trinajstić information content (AvgIpc) is 2.71. The maximum absolute atomic E-state index is 11.4. The van der Waals surface area contributed by atoms with E-state index in [0.717, 1.165) is 5.56 Å². The maximum atomic E-state index is 11.4. The Labute approximate surface area is 86.5 Å². The van der Waals surface area contributed by atoms with Crippen LogP contribution in [-0.2, 0) is 11.2 Å². The topological polar surface area (TPSA) is 52.3 Å². The minimum absolute atomic E-state index is 0.191. The Morgan fingerprint density at radius 3 is 2.73 bits per heavy atom. The van der Waals surface area contributed by atoms with E-state index in [4.69, 9.17) is 4.74 Å². The molecule has 0 fully saturated rings. The lowest BCUT2D eigenvalue weighted by Gasteiger charge is -1.99. The van der Waals surface area contributed by atoms with Crippen LogP contribution in [0.25, 0.3) is 0 Å². The first-order valence-corrected chi connectivity index (χ1v) is 4.49. The second kappa shape index (κ2) is 4.41. The van der Waals surface area contributed by atoms with Gasteiger partial charge in [0.2, 0.25) is 0 Å². The minimum atomic E-state index is -0.352. The van der Waals surface area contributed by atoms with Crippen molar-refractivity contribution in [3.63, 3.8) is 0 Å². The molecule has 0 atom stereocenters. The van der Waals surface area contributed by atoms with E-state index in [0.29, 0.717) is 0 Å². The number of hydrogen-bond donors (Lipinski definition) is 0. The molecule has 0 spiro atoms. The van der Waals surface area contributed by atoms with Gasteiger partial charge in [-0.05, 0) is 10.7 Å². The molecule has 0 saturated heterocycles. The monoisotopic (exact) mass is 203 g/mol. The van der Waals surface area contributed by atoms with Gasteiger partial charge < -0.3 is 9.26 Å². The Bertz CT molecular complexity index is 422. The van der Waals surface area contributed by atoms with E-state index < -0.39 is 0 Å². The molecule has 0 aliphatic rings. The molecule has 76 valence electrons. The zero-order valence-corrected chi connectivity index (χ0v) is 7.92. The predicted molar refractivity (Wildman–Crippen MR) is 52.3 cm³/mol. The van der Waals surface area contributed by atoms with Crippen LogP contribution in [0.1, 0.15) is 5.56 Å². The number of carbonyl (C=O) groups excluding carboxylic acids is 1. The van der Waals surface area contributed by atoms with Gasteiger partial charge in [0, 0.05) is 6.07 Å². The number of benzene rings is 1. The molecule has 0 N–H and O–H groups in total. The van der Waals surface area contributed by atoms with Crippen LogP contribution < -0.4 is 4.74 Å². The van der Waals surface area contributed by atoms with Crippen LogP contribution in [0.4, 0.5) is 0 Å². The van der Waals surface area contributed by atoms with E-state index in [9.17, 15) is 4.79 Å². The minimum Gasteiger partial charge on any atom is -0.404 e. The number of carbonyl (C=O) groups is 1. The highest BCUT2D eigenvalue weighted by Crippen LogP contribution is 2.07. The summed E-state index contributed by atoms with van der Waals surface area (Å²) < 4.78 is 9.45. The van der Waals surface area contributed by atoms with Crippen molar-refractivity contribution in [1.82, 2.24) is 5.16 Å². The first-order chi connectivity index (χ1) is 7.34. The van der Waals surface area contributed by atoms with Crippen LogP contribution in [0, 0.1) is 0 Å². The lowest BCUT2D eigenvalue weighted by atomic mass is 10.2. The Hall–Kier alpha value is -2.10. The maximum Gasteiger partial charge on any atom is 0.317 e. The number of aromatic nitrogens is 1. The van der Waals surface area contributed by atoms with Gasteiger partial charge in [0.15, 0.2) is 0 Å². The number of rotatable bonds is 3. The van der Waals surface area contributed by atoms with Gasteiger partial charge in [-0.1, -0.05) is 30.3 Å². The molecule has 0 aliphatic carbocycles.